The van der Waals surface area contributed by atoms with E-state index in [9.17, 15) is 0 Å². The van der Waals surface area contributed by atoms with Crippen LogP contribution >= 0.6 is 0 Å². The van der Waals surface area contributed by atoms with E-state index in [1.54, 1.807) is 0 Å². The van der Waals surface area contributed by atoms with Gasteiger partial charge in [0.25, 0.3) is 0 Å². The van der Waals surface area contributed by atoms with Crippen LogP contribution in [0.4, 0.5) is 5.82 Å². The first kappa shape index (κ1) is 9.56. The van der Waals surface area contributed by atoms with Crippen LogP contribution < -0.4 is 5.73 Å². The van der Waals surface area contributed by atoms with Crippen LogP contribution in [0.5, 0.6) is 0 Å². The van der Waals surface area contributed by atoms with E-state index >= 15 is 0 Å². The van der Waals surface area contributed by atoms with Crippen molar-refractivity contribution in [2.45, 2.75) is 38.5 Å². The Bertz CT molecular complexity index is 297. The molecule has 0 amide bonds. The predicted octanol–water partition coefficient (Wildman–Crippen LogP) is 2.13. The van der Waals surface area contributed by atoms with Crippen LogP contribution in [0.2, 0.25) is 0 Å². The fourth-order valence-electron chi connectivity index (χ4n) is 2.37. The Morgan fingerprint density at radius 2 is 2.14 bits per heavy atom. The summed E-state index contributed by atoms with van der Waals surface area (Å²) >= 11 is 0. The Morgan fingerprint density at radius 3 is 2.71 bits per heavy atom. The van der Waals surface area contributed by atoms with Crippen LogP contribution in [0.1, 0.15) is 37.9 Å². The minimum Gasteiger partial charge on any atom is -0.382 e. The SMILES string of the molecule is Cn1cc(N)nc1CC1CCCCC1. The lowest BCUT2D eigenvalue weighted by Crippen LogP contribution is -2.12. The van der Waals surface area contributed by atoms with E-state index < -0.39 is 0 Å². The number of anilines is 1. The number of aromatic nitrogens is 2. The number of imidazole rings is 1. The molecule has 1 saturated carbocycles. The second-order valence-corrected chi connectivity index (χ2v) is 4.40. The zero-order chi connectivity index (χ0) is 9.97. The first-order valence-corrected chi connectivity index (χ1v) is 5.53. The average molecular weight is 193 g/mol. The van der Waals surface area contributed by atoms with Crippen molar-refractivity contribution in [3.05, 3.63) is 12.0 Å². The quantitative estimate of drug-likeness (QED) is 0.782. The maximum absolute atomic E-state index is 5.65. The van der Waals surface area contributed by atoms with Gasteiger partial charge in [-0.25, -0.2) is 4.98 Å². The van der Waals surface area contributed by atoms with Crippen LogP contribution in [-0.4, -0.2) is 9.55 Å². The molecule has 0 aliphatic heterocycles. The van der Waals surface area contributed by atoms with E-state index in [4.69, 9.17) is 5.73 Å². The van der Waals surface area contributed by atoms with Crippen molar-refractivity contribution >= 4 is 5.82 Å². The molecule has 1 aromatic rings. The summed E-state index contributed by atoms with van der Waals surface area (Å²) in [5.74, 6) is 2.64. The maximum atomic E-state index is 5.65. The van der Waals surface area contributed by atoms with Crippen LogP contribution in [0.3, 0.4) is 0 Å². The van der Waals surface area contributed by atoms with Crippen molar-refractivity contribution in [3.63, 3.8) is 0 Å². The van der Waals surface area contributed by atoms with Gasteiger partial charge in [-0.15, -0.1) is 0 Å². The fourth-order valence-corrected chi connectivity index (χ4v) is 2.37. The molecule has 1 aromatic heterocycles. The first-order chi connectivity index (χ1) is 6.75. The van der Waals surface area contributed by atoms with Crippen molar-refractivity contribution < 1.29 is 0 Å². The molecule has 78 valence electrons. The minimum absolute atomic E-state index is 0.651. The van der Waals surface area contributed by atoms with E-state index in [2.05, 4.69) is 9.55 Å². The molecule has 0 unspecified atom stereocenters. The topological polar surface area (TPSA) is 43.8 Å². The first-order valence-electron chi connectivity index (χ1n) is 5.53. The summed E-state index contributed by atoms with van der Waals surface area (Å²) in [7, 11) is 2.03. The van der Waals surface area contributed by atoms with Crippen molar-refractivity contribution in [1.29, 1.82) is 0 Å². The van der Waals surface area contributed by atoms with Gasteiger partial charge < -0.3 is 10.3 Å². The second kappa shape index (κ2) is 4.03. The summed E-state index contributed by atoms with van der Waals surface area (Å²) in [5, 5.41) is 0. The molecule has 1 aliphatic rings. The summed E-state index contributed by atoms with van der Waals surface area (Å²) in [6, 6.07) is 0. The maximum Gasteiger partial charge on any atom is 0.141 e. The number of nitrogens with zero attached hydrogens (tertiary/aromatic N) is 2. The molecule has 0 spiro atoms. The smallest absolute Gasteiger partial charge is 0.141 e. The molecule has 1 aliphatic carbocycles. The monoisotopic (exact) mass is 193 g/mol. The van der Waals surface area contributed by atoms with Crippen molar-refractivity contribution in [1.82, 2.24) is 9.55 Å². The van der Waals surface area contributed by atoms with E-state index in [1.165, 1.54) is 32.1 Å². The molecule has 0 bridgehead atoms. The lowest BCUT2D eigenvalue weighted by atomic mass is 9.87. The zero-order valence-corrected chi connectivity index (χ0v) is 8.87. The molecule has 0 radical (unpaired) electrons. The third-order valence-corrected chi connectivity index (χ3v) is 3.19. The van der Waals surface area contributed by atoms with E-state index in [0.29, 0.717) is 5.82 Å². The Morgan fingerprint density at radius 1 is 1.43 bits per heavy atom. The summed E-state index contributed by atoms with van der Waals surface area (Å²) < 4.78 is 2.06. The molecule has 2 N–H and O–H groups in total. The van der Waals surface area contributed by atoms with Gasteiger partial charge in [-0.1, -0.05) is 32.1 Å². The third kappa shape index (κ3) is 2.08. The van der Waals surface area contributed by atoms with Gasteiger partial charge in [-0.3, -0.25) is 0 Å². The van der Waals surface area contributed by atoms with Crippen molar-refractivity contribution in [3.8, 4) is 0 Å². The molecule has 2 rings (SSSR count). The molecule has 0 aromatic carbocycles. The summed E-state index contributed by atoms with van der Waals surface area (Å²) in [6.45, 7) is 0. The van der Waals surface area contributed by atoms with Crippen molar-refractivity contribution in [2.75, 3.05) is 5.73 Å². The number of hydrogen-bond donors (Lipinski definition) is 1. The molecule has 1 heterocycles. The van der Waals surface area contributed by atoms with Crippen LogP contribution in [0, 0.1) is 5.92 Å². The molecular formula is C11H19N3. The fraction of sp³-hybridized carbons (Fsp3) is 0.727. The molecule has 0 atom stereocenters. The van der Waals surface area contributed by atoms with Gasteiger partial charge in [-0.2, -0.15) is 0 Å². The normalized spacial score (nSPS) is 18.6. The van der Waals surface area contributed by atoms with E-state index in [0.717, 1.165) is 18.2 Å². The Hall–Kier alpha value is -0.990. The molecule has 3 nitrogen and oxygen atoms in total. The van der Waals surface area contributed by atoms with Gasteiger partial charge in [0.05, 0.1) is 0 Å². The van der Waals surface area contributed by atoms with Gasteiger partial charge in [0.2, 0.25) is 0 Å². The average Bonchev–Trinajstić information content (AvgIpc) is 2.47. The molecular weight excluding hydrogens is 174 g/mol. The Balaban J connectivity index is 1.98. The zero-order valence-electron chi connectivity index (χ0n) is 8.87. The molecule has 0 saturated heterocycles. The van der Waals surface area contributed by atoms with E-state index in [-0.39, 0.29) is 0 Å². The molecule has 1 fully saturated rings. The van der Waals surface area contributed by atoms with Gasteiger partial charge in [0.1, 0.15) is 11.6 Å². The number of nitrogens with two attached hydrogens (primary N) is 1. The summed E-state index contributed by atoms with van der Waals surface area (Å²) in [5.41, 5.74) is 5.65. The van der Waals surface area contributed by atoms with Gasteiger partial charge >= 0.3 is 0 Å². The summed E-state index contributed by atoms with van der Waals surface area (Å²) in [4.78, 5) is 4.35. The number of nitrogen functional groups attached to an aromatic ring is 1. The number of hydrogen-bond acceptors (Lipinski definition) is 2. The number of rotatable bonds is 2. The van der Waals surface area contributed by atoms with Crippen LogP contribution in [0.25, 0.3) is 0 Å². The lowest BCUT2D eigenvalue weighted by Gasteiger charge is -2.20. The second-order valence-electron chi connectivity index (χ2n) is 4.40. The van der Waals surface area contributed by atoms with Crippen molar-refractivity contribution in [2.24, 2.45) is 13.0 Å². The lowest BCUT2D eigenvalue weighted by molar-refractivity contribution is 0.349. The summed E-state index contributed by atoms with van der Waals surface area (Å²) in [6.07, 6.45) is 9.94. The highest BCUT2D eigenvalue weighted by molar-refractivity contribution is 5.25. The molecule has 3 heteroatoms. The van der Waals surface area contributed by atoms with Crippen LogP contribution in [0.15, 0.2) is 6.20 Å². The third-order valence-electron chi connectivity index (χ3n) is 3.19. The van der Waals surface area contributed by atoms with Gasteiger partial charge in [-0.05, 0) is 5.92 Å². The highest BCUT2D eigenvalue weighted by Crippen LogP contribution is 2.26. The molecule has 14 heavy (non-hydrogen) atoms. The highest BCUT2D eigenvalue weighted by atomic mass is 15.1. The van der Waals surface area contributed by atoms with Crippen LogP contribution in [-0.2, 0) is 13.5 Å². The largest absolute Gasteiger partial charge is 0.382 e. The minimum atomic E-state index is 0.651. The number of aryl methyl sites for hydroxylation is 1. The van der Waals surface area contributed by atoms with Gasteiger partial charge in [0.15, 0.2) is 0 Å². The van der Waals surface area contributed by atoms with E-state index in [1.807, 2.05) is 13.2 Å². The Labute approximate surface area is 85.3 Å². The van der Waals surface area contributed by atoms with Gasteiger partial charge in [0, 0.05) is 19.7 Å². The highest BCUT2D eigenvalue weighted by Gasteiger charge is 2.16. The Kier molecular flexibility index (Phi) is 2.75. The predicted molar refractivity (Wildman–Crippen MR) is 57.9 cm³/mol. The standard InChI is InChI=1S/C11H19N3/c1-14-8-10(12)13-11(14)7-9-5-3-2-4-6-9/h8-9H,2-7,12H2,1H3.